The zero-order chi connectivity index (χ0) is 17.4. The molecule has 2 aliphatic rings. The normalized spacial score (nSPS) is 19.9. The van der Waals surface area contributed by atoms with Crippen molar-refractivity contribution in [3.8, 4) is 0 Å². The Bertz CT molecular complexity index is 620. The first-order valence-electron chi connectivity index (χ1n) is 8.37. The van der Waals surface area contributed by atoms with Gasteiger partial charge in [0.05, 0.1) is 25.3 Å². The fourth-order valence-electron chi connectivity index (χ4n) is 2.91. The molecule has 1 aromatic heterocycles. The maximum atomic E-state index is 12.2. The molecule has 0 atom stereocenters. The third kappa shape index (κ3) is 4.16. The third-order valence-corrected chi connectivity index (χ3v) is 4.47. The lowest BCUT2D eigenvalue weighted by molar-refractivity contribution is -0.155. The Kier molecular flexibility index (Phi) is 4.71. The zero-order valence-corrected chi connectivity index (χ0v) is 15.2. The van der Waals surface area contributed by atoms with Crippen LogP contribution >= 0.6 is 11.6 Å². The molecule has 2 fully saturated rings. The number of carbonyl (C=O) groups is 1. The number of nitrogens with zero attached hydrogens (tertiary/aromatic N) is 3. The van der Waals surface area contributed by atoms with Crippen molar-refractivity contribution in [1.82, 2.24) is 9.97 Å². The Morgan fingerprint density at radius 2 is 2.00 bits per heavy atom. The van der Waals surface area contributed by atoms with Crippen LogP contribution in [0.1, 0.15) is 45.7 Å². The molecule has 0 bridgehead atoms. The van der Waals surface area contributed by atoms with E-state index < -0.39 is 5.60 Å². The first-order valence-corrected chi connectivity index (χ1v) is 8.75. The van der Waals surface area contributed by atoms with Gasteiger partial charge in [-0.05, 0) is 39.7 Å². The van der Waals surface area contributed by atoms with Crippen molar-refractivity contribution in [1.29, 1.82) is 0 Å². The standard InChI is InChI=1S/C17H24ClN3O3/c1-16(2,3)24-14(22)11-17(4-5-17)12-10-13(18)20-15(19-12)21-6-8-23-9-7-21/h10H,4-9,11H2,1-3H3. The van der Waals surface area contributed by atoms with Crippen molar-refractivity contribution in [3.63, 3.8) is 0 Å². The molecule has 0 aromatic carbocycles. The topological polar surface area (TPSA) is 64.5 Å². The first kappa shape index (κ1) is 17.4. The van der Waals surface area contributed by atoms with Gasteiger partial charge in [0.15, 0.2) is 0 Å². The van der Waals surface area contributed by atoms with Crippen molar-refractivity contribution in [3.05, 3.63) is 16.9 Å². The summed E-state index contributed by atoms with van der Waals surface area (Å²) >= 11 is 6.22. The van der Waals surface area contributed by atoms with Crippen LogP contribution < -0.4 is 4.90 Å². The fourth-order valence-corrected chi connectivity index (χ4v) is 3.09. The van der Waals surface area contributed by atoms with Gasteiger partial charge in [0, 0.05) is 18.5 Å². The van der Waals surface area contributed by atoms with E-state index in [1.807, 2.05) is 20.8 Å². The van der Waals surface area contributed by atoms with E-state index in [-0.39, 0.29) is 11.4 Å². The number of hydrogen-bond donors (Lipinski definition) is 0. The minimum absolute atomic E-state index is 0.192. The number of ether oxygens (including phenoxy) is 2. The van der Waals surface area contributed by atoms with Gasteiger partial charge in [-0.3, -0.25) is 4.79 Å². The molecule has 1 aliphatic heterocycles. The molecule has 1 saturated heterocycles. The van der Waals surface area contributed by atoms with Crippen LogP contribution in [0.2, 0.25) is 5.15 Å². The molecule has 1 aliphatic carbocycles. The monoisotopic (exact) mass is 353 g/mol. The summed E-state index contributed by atoms with van der Waals surface area (Å²) < 4.78 is 10.8. The fraction of sp³-hybridized carbons (Fsp3) is 0.706. The predicted octanol–water partition coefficient (Wildman–Crippen LogP) is 2.73. The quantitative estimate of drug-likeness (QED) is 0.612. The van der Waals surface area contributed by atoms with Gasteiger partial charge >= 0.3 is 5.97 Å². The maximum Gasteiger partial charge on any atom is 0.307 e. The second kappa shape index (κ2) is 6.48. The van der Waals surface area contributed by atoms with Gasteiger partial charge in [0.25, 0.3) is 0 Å². The third-order valence-electron chi connectivity index (χ3n) is 4.28. The number of aromatic nitrogens is 2. The molecule has 0 spiro atoms. The molecule has 3 rings (SSSR count). The Morgan fingerprint density at radius 1 is 1.33 bits per heavy atom. The van der Waals surface area contributed by atoms with Gasteiger partial charge in [0.2, 0.25) is 5.95 Å². The molecule has 0 N–H and O–H groups in total. The van der Waals surface area contributed by atoms with E-state index in [0.717, 1.165) is 31.6 Å². The summed E-state index contributed by atoms with van der Waals surface area (Å²) in [5, 5.41) is 0.414. The summed E-state index contributed by atoms with van der Waals surface area (Å²) in [6.45, 7) is 8.45. The summed E-state index contributed by atoms with van der Waals surface area (Å²) in [5.74, 6) is 0.430. The van der Waals surface area contributed by atoms with E-state index >= 15 is 0 Å². The Balaban J connectivity index is 1.78. The van der Waals surface area contributed by atoms with E-state index in [9.17, 15) is 4.79 Å². The van der Waals surface area contributed by atoms with Crippen LogP contribution in [0, 0.1) is 0 Å². The number of halogens is 1. The number of hydrogen-bond acceptors (Lipinski definition) is 6. The van der Waals surface area contributed by atoms with Gasteiger partial charge in [-0.2, -0.15) is 0 Å². The molecule has 1 saturated carbocycles. The molecule has 2 heterocycles. The summed E-state index contributed by atoms with van der Waals surface area (Å²) in [7, 11) is 0. The molecule has 0 radical (unpaired) electrons. The van der Waals surface area contributed by atoms with E-state index in [1.54, 1.807) is 6.07 Å². The Labute approximate surface area is 147 Å². The lowest BCUT2D eigenvalue weighted by Gasteiger charge is -2.28. The average Bonchev–Trinajstić information content (AvgIpc) is 3.26. The van der Waals surface area contributed by atoms with Crippen LogP contribution in [0.3, 0.4) is 0 Å². The van der Waals surface area contributed by atoms with Crippen LogP contribution in [-0.4, -0.2) is 47.8 Å². The van der Waals surface area contributed by atoms with Crippen LogP contribution in [0.4, 0.5) is 5.95 Å². The largest absolute Gasteiger partial charge is 0.460 e. The molecule has 1 aromatic rings. The van der Waals surface area contributed by atoms with Crippen LogP contribution in [-0.2, 0) is 19.7 Å². The van der Waals surface area contributed by atoms with Gasteiger partial charge in [-0.25, -0.2) is 9.97 Å². The van der Waals surface area contributed by atoms with Gasteiger partial charge in [-0.15, -0.1) is 0 Å². The van der Waals surface area contributed by atoms with Crippen molar-refractivity contribution >= 4 is 23.5 Å². The van der Waals surface area contributed by atoms with E-state index in [1.165, 1.54) is 0 Å². The van der Waals surface area contributed by atoms with Crippen molar-refractivity contribution in [2.24, 2.45) is 0 Å². The number of anilines is 1. The molecule has 0 unspecified atom stereocenters. The van der Waals surface area contributed by atoms with Crippen LogP contribution in [0.25, 0.3) is 0 Å². The summed E-state index contributed by atoms with van der Waals surface area (Å²) in [4.78, 5) is 23.4. The lowest BCUT2D eigenvalue weighted by atomic mass is 9.97. The summed E-state index contributed by atoms with van der Waals surface area (Å²) in [5.41, 5.74) is 0.112. The number of carbonyl (C=O) groups excluding carboxylic acids is 1. The van der Waals surface area contributed by atoms with E-state index in [0.29, 0.717) is 30.7 Å². The van der Waals surface area contributed by atoms with E-state index in [4.69, 9.17) is 26.1 Å². The first-order chi connectivity index (χ1) is 11.3. The molecular weight excluding hydrogens is 330 g/mol. The molecule has 6 nitrogen and oxygen atoms in total. The van der Waals surface area contributed by atoms with Crippen LogP contribution in [0.5, 0.6) is 0 Å². The highest BCUT2D eigenvalue weighted by Crippen LogP contribution is 2.51. The van der Waals surface area contributed by atoms with Crippen LogP contribution in [0.15, 0.2) is 6.07 Å². The summed E-state index contributed by atoms with van der Waals surface area (Å²) in [6, 6.07) is 1.78. The van der Waals surface area contributed by atoms with Crippen molar-refractivity contribution in [2.75, 3.05) is 31.2 Å². The number of morpholine rings is 1. The zero-order valence-electron chi connectivity index (χ0n) is 14.5. The number of esters is 1. The van der Waals surface area contributed by atoms with Gasteiger partial charge in [-0.1, -0.05) is 11.6 Å². The highest BCUT2D eigenvalue weighted by molar-refractivity contribution is 6.29. The number of rotatable bonds is 4. The highest BCUT2D eigenvalue weighted by atomic mass is 35.5. The smallest absolute Gasteiger partial charge is 0.307 e. The predicted molar refractivity (Wildman–Crippen MR) is 91.4 cm³/mol. The van der Waals surface area contributed by atoms with Crippen molar-refractivity contribution < 1.29 is 14.3 Å². The summed E-state index contributed by atoms with van der Waals surface area (Å²) in [6.07, 6.45) is 2.17. The average molecular weight is 354 g/mol. The lowest BCUT2D eigenvalue weighted by Crippen LogP contribution is -2.37. The molecular formula is C17H24ClN3O3. The highest BCUT2D eigenvalue weighted by Gasteiger charge is 2.48. The van der Waals surface area contributed by atoms with Gasteiger partial charge in [0.1, 0.15) is 10.8 Å². The second-order valence-corrected chi connectivity index (χ2v) is 7.91. The van der Waals surface area contributed by atoms with Gasteiger partial charge < -0.3 is 14.4 Å². The maximum absolute atomic E-state index is 12.2. The second-order valence-electron chi connectivity index (χ2n) is 7.52. The molecule has 7 heteroatoms. The molecule has 132 valence electrons. The minimum Gasteiger partial charge on any atom is -0.460 e. The molecule has 24 heavy (non-hydrogen) atoms. The molecule has 0 amide bonds. The Morgan fingerprint density at radius 3 is 2.58 bits per heavy atom. The SMILES string of the molecule is CC(C)(C)OC(=O)CC1(c2cc(Cl)nc(N3CCOCC3)n2)CC1. The van der Waals surface area contributed by atoms with E-state index in [2.05, 4.69) is 9.88 Å². The van der Waals surface area contributed by atoms with Crippen molar-refractivity contribution in [2.45, 2.75) is 51.0 Å². The minimum atomic E-state index is -0.477. The Hall–Kier alpha value is -1.40.